The molecule has 1 aliphatic heterocycles. The molecule has 0 radical (unpaired) electrons. The van der Waals surface area contributed by atoms with Crippen molar-refractivity contribution in [2.45, 2.75) is 45.6 Å². The third-order valence-electron chi connectivity index (χ3n) is 4.21. The minimum atomic E-state index is -0.231. The summed E-state index contributed by atoms with van der Waals surface area (Å²) < 4.78 is 5.34. The van der Waals surface area contributed by atoms with Crippen LogP contribution in [-0.2, 0) is 14.3 Å². The van der Waals surface area contributed by atoms with Crippen LogP contribution in [0.15, 0.2) is 11.1 Å². The summed E-state index contributed by atoms with van der Waals surface area (Å²) in [4.78, 5) is 23.5. The Kier molecular flexibility index (Phi) is 1.86. The van der Waals surface area contributed by atoms with Gasteiger partial charge in [0, 0.05) is 0 Å². The van der Waals surface area contributed by atoms with Crippen molar-refractivity contribution in [2.75, 3.05) is 0 Å². The molecule has 3 heteroatoms. The molecular formula is C13H16O3. The predicted molar refractivity (Wildman–Crippen MR) is 57.7 cm³/mol. The third kappa shape index (κ3) is 1.14. The van der Waals surface area contributed by atoms with Gasteiger partial charge in [0.25, 0.3) is 0 Å². The Balaban J connectivity index is 2.09. The van der Waals surface area contributed by atoms with Gasteiger partial charge in [-0.1, -0.05) is 13.8 Å². The van der Waals surface area contributed by atoms with E-state index in [1.807, 2.05) is 0 Å². The van der Waals surface area contributed by atoms with Crippen LogP contribution in [0.5, 0.6) is 0 Å². The van der Waals surface area contributed by atoms with Crippen molar-refractivity contribution in [3.05, 3.63) is 11.1 Å². The Morgan fingerprint density at radius 3 is 2.81 bits per heavy atom. The highest BCUT2D eigenvalue weighted by Gasteiger charge is 2.53. The number of esters is 1. The highest BCUT2D eigenvalue weighted by Crippen LogP contribution is 2.51. The summed E-state index contributed by atoms with van der Waals surface area (Å²) in [6.07, 6.45) is 3.09. The molecule has 3 aliphatic rings. The van der Waals surface area contributed by atoms with Crippen molar-refractivity contribution in [3.63, 3.8) is 0 Å². The van der Waals surface area contributed by atoms with Crippen molar-refractivity contribution in [1.29, 1.82) is 0 Å². The highest BCUT2D eigenvalue weighted by atomic mass is 16.6. The smallest absolute Gasteiger partial charge is 0.307 e. The summed E-state index contributed by atoms with van der Waals surface area (Å²) in [5.74, 6) is -0.232. The molecule has 1 fully saturated rings. The molecule has 0 unspecified atom stereocenters. The second kappa shape index (κ2) is 2.96. The van der Waals surface area contributed by atoms with Crippen LogP contribution in [0.25, 0.3) is 0 Å². The minimum absolute atomic E-state index is 0.0211. The van der Waals surface area contributed by atoms with Gasteiger partial charge in [0.2, 0.25) is 0 Å². The zero-order valence-electron chi connectivity index (χ0n) is 9.71. The fourth-order valence-electron chi connectivity index (χ4n) is 3.47. The zero-order valence-corrected chi connectivity index (χ0v) is 9.71. The molecule has 0 aromatic rings. The van der Waals surface area contributed by atoms with Gasteiger partial charge < -0.3 is 4.74 Å². The molecule has 2 aliphatic carbocycles. The first-order valence-electron chi connectivity index (χ1n) is 5.98. The molecule has 0 amide bonds. The Bertz CT molecular complexity index is 417. The van der Waals surface area contributed by atoms with Crippen molar-refractivity contribution in [3.8, 4) is 0 Å². The molecule has 3 rings (SSSR count). The molecule has 0 spiro atoms. The van der Waals surface area contributed by atoms with E-state index >= 15 is 0 Å². The normalized spacial score (nSPS) is 36.1. The van der Waals surface area contributed by atoms with Gasteiger partial charge in [0.05, 0.1) is 12.3 Å². The van der Waals surface area contributed by atoms with Crippen molar-refractivity contribution >= 4 is 11.8 Å². The summed E-state index contributed by atoms with van der Waals surface area (Å²) in [7, 11) is 0. The molecule has 0 aromatic carbocycles. The van der Waals surface area contributed by atoms with Crippen LogP contribution < -0.4 is 0 Å². The summed E-state index contributed by atoms with van der Waals surface area (Å²) in [5.41, 5.74) is 2.12. The largest absolute Gasteiger partial charge is 0.457 e. The van der Waals surface area contributed by atoms with Crippen LogP contribution in [0, 0.1) is 11.3 Å². The van der Waals surface area contributed by atoms with Crippen LogP contribution in [0.1, 0.15) is 39.5 Å². The molecule has 3 nitrogen and oxygen atoms in total. The molecule has 0 aromatic heterocycles. The van der Waals surface area contributed by atoms with Crippen LogP contribution in [0.2, 0.25) is 0 Å². The second-order valence-electron chi connectivity index (χ2n) is 5.71. The highest BCUT2D eigenvalue weighted by molar-refractivity contribution is 6.05. The Hall–Kier alpha value is -1.12. The lowest BCUT2D eigenvalue weighted by Crippen LogP contribution is -2.27. The van der Waals surface area contributed by atoms with E-state index in [0.717, 1.165) is 30.4 Å². The lowest BCUT2D eigenvalue weighted by Gasteiger charge is -2.33. The molecule has 0 bridgehead atoms. The summed E-state index contributed by atoms with van der Waals surface area (Å²) in [5, 5.41) is 0. The average Bonchev–Trinajstić information content (AvgIpc) is 2.66. The Morgan fingerprint density at radius 2 is 2.06 bits per heavy atom. The van der Waals surface area contributed by atoms with Gasteiger partial charge in [-0.3, -0.25) is 9.59 Å². The number of hydrogen-bond donors (Lipinski definition) is 0. The molecule has 0 N–H and O–H groups in total. The summed E-state index contributed by atoms with van der Waals surface area (Å²) in [6, 6.07) is 0. The number of hydrogen-bond acceptors (Lipinski definition) is 3. The van der Waals surface area contributed by atoms with E-state index in [4.69, 9.17) is 4.74 Å². The van der Waals surface area contributed by atoms with Crippen LogP contribution in [0.3, 0.4) is 0 Å². The van der Waals surface area contributed by atoms with E-state index in [2.05, 4.69) is 13.8 Å². The lowest BCUT2D eigenvalue weighted by atomic mass is 9.72. The van der Waals surface area contributed by atoms with E-state index < -0.39 is 0 Å². The van der Waals surface area contributed by atoms with Gasteiger partial charge in [-0.25, -0.2) is 0 Å². The molecule has 86 valence electrons. The molecule has 2 atom stereocenters. The monoisotopic (exact) mass is 220 g/mol. The van der Waals surface area contributed by atoms with E-state index in [1.165, 1.54) is 0 Å². The second-order valence-corrected chi connectivity index (χ2v) is 5.71. The number of ether oxygens (including phenoxy) is 1. The van der Waals surface area contributed by atoms with Crippen LogP contribution >= 0.6 is 0 Å². The maximum atomic E-state index is 12.2. The zero-order chi connectivity index (χ0) is 11.5. The average molecular weight is 220 g/mol. The van der Waals surface area contributed by atoms with Gasteiger partial charge in [-0.15, -0.1) is 0 Å². The first kappa shape index (κ1) is 10.1. The van der Waals surface area contributed by atoms with Crippen LogP contribution in [-0.4, -0.2) is 17.9 Å². The third-order valence-corrected chi connectivity index (χ3v) is 4.21. The molecule has 1 heterocycles. The van der Waals surface area contributed by atoms with Crippen LogP contribution in [0.4, 0.5) is 0 Å². The van der Waals surface area contributed by atoms with E-state index in [-0.39, 0.29) is 35.6 Å². The number of carbonyl (C=O) groups excluding carboxylic acids is 2. The van der Waals surface area contributed by atoms with Gasteiger partial charge in [-0.2, -0.15) is 0 Å². The molecular weight excluding hydrogens is 204 g/mol. The number of rotatable bonds is 0. The number of fused-ring (bicyclic) bond motifs is 2. The molecule has 0 saturated carbocycles. The first-order valence-corrected chi connectivity index (χ1v) is 5.98. The maximum absolute atomic E-state index is 12.2. The Morgan fingerprint density at radius 1 is 1.31 bits per heavy atom. The SMILES string of the molecule is CC1(C)CCCC2=C1[C@@H]1OC(=O)C[C@@H]1C2=O. The fraction of sp³-hybridized carbons (Fsp3) is 0.692. The fourth-order valence-corrected chi connectivity index (χ4v) is 3.47. The van der Waals surface area contributed by atoms with Crippen molar-refractivity contribution < 1.29 is 14.3 Å². The lowest BCUT2D eigenvalue weighted by molar-refractivity contribution is -0.140. The topological polar surface area (TPSA) is 43.4 Å². The number of ketones is 1. The van der Waals surface area contributed by atoms with E-state index in [9.17, 15) is 9.59 Å². The quantitative estimate of drug-likeness (QED) is 0.586. The number of carbonyl (C=O) groups is 2. The first-order chi connectivity index (χ1) is 7.50. The molecule has 16 heavy (non-hydrogen) atoms. The summed E-state index contributed by atoms with van der Waals surface area (Å²) >= 11 is 0. The number of Topliss-reactive ketones (excluding diaryl/α,β-unsaturated/α-hetero) is 1. The predicted octanol–water partition coefficient (Wildman–Crippen LogP) is 2.01. The Labute approximate surface area is 94.8 Å². The van der Waals surface area contributed by atoms with Gasteiger partial charge in [0.15, 0.2) is 5.78 Å². The van der Waals surface area contributed by atoms with E-state index in [0.29, 0.717) is 0 Å². The van der Waals surface area contributed by atoms with Crippen molar-refractivity contribution in [2.24, 2.45) is 11.3 Å². The van der Waals surface area contributed by atoms with Gasteiger partial charge in [0.1, 0.15) is 6.10 Å². The van der Waals surface area contributed by atoms with Gasteiger partial charge >= 0.3 is 5.97 Å². The maximum Gasteiger partial charge on any atom is 0.307 e. The number of allylic oxidation sites excluding steroid dienone is 1. The van der Waals surface area contributed by atoms with Gasteiger partial charge in [-0.05, 0) is 35.8 Å². The standard InChI is InChI=1S/C13H16O3/c1-13(2)5-3-4-7-10(13)12-8(11(7)15)6-9(14)16-12/h8,12H,3-6H2,1-2H3/t8-,12-/m1/s1. The van der Waals surface area contributed by atoms with E-state index in [1.54, 1.807) is 0 Å². The molecule has 1 saturated heterocycles. The minimum Gasteiger partial charge on any atom is -0.457 e. The summed E-state index contributed by atoms with van der Waals surface area (Å²) in [6.45, 7) is 4.31. The van der Waals surface area contributed by atoms with Crippen molar-refractivity contribution in [1.82, 2.24) is 0 Å².